The van der Waals surface area contributed by atoms with Crippen molar-refractivity contribution in [1.82, 2.24) is 0 Å². The van der Waals surface area contributed by atoms with E-state index in [-0.39, 0.29) is 17.7 Å². The summed E-state index contributed by atoms with van der Waals surface area (Å²) >= 11 is 0. The number of carbonyl (C=O) groups is 2. The number of rotatable bonds is 35. The molecule has 250 valence electrons. The van der Waals surface area contributed by atoms with E-state index in [2.05, 4.69) is 13.8 Å². The molecule has 0 rings (SSSR count). The van der Waals surface area contributed by atoms with Crippen molar-refractivity contribution in [1.29, 1.82) is 0 Å². The molecule has 4 nitrogen and oxygen atoms in total. The fourth-order valence-corrected chi connectivity index (χ4v) is 6.54. The van der Waals surface area contributed by atoms with Gasteiger partial charge in [0.05, 0.1) is 0 Å². The molecule has 0 bridgehead atoms. The van der Waals surface area contributed by atoms with E-state index in [9.17, 15) is 9.59 Å². The van der Waals surface area contributed by atoms with Crippen LogP contribution in [0.2, 0.25) is 0 Å². The van der Waals surface area contributed by atoms with E-state index < -0.39 is 0 Å². The third-order valence-electron chi connectivity index (χ3n) is 9.48. The second kappa shape index (κ2) is 32.8. The van der Waals surface area contributed by atoms with E-state index in [4.69, 9.17) is 11.5 Å². The summed E-state index contributed by atoms with van der Waals surface area (Å²) in [7, 11) is 0. The van der Waals surface area contributed by atoms with Gasteiger partial charge in [-0.25, -0.2) is 0 Å². The molecular weight excluding hydrogens is 516 g/mol. The van der Waals surface area contributed by atoms with E-state index >= 15 is 0 Å². The lowest BCUT2D eigenvalue weighted by Gasteiger charge is -2.20. The Balaban J connectivity index is 4.15. The first-order valence-electron chi connectivity index (χ1n) is 19.1. The molecule has 2 atom stereocenters. The van der Waals surface area contributed by atoms with Crippen molar-refractivity contribution < 1.29 is 9.59 Å². The zero-order chi connectivity index (χ0) is 30.9. The monoisotopic (exact) mass is 593 g/mol. The second-order valence-corrected chi connectivity index (χ2v) is 13.6. The SMILES string of the molecule is CCCCCCCCCCCCCCCCC(CCC(CCCCCCCCC)CCCCCCCC(N)=O)C(N)=O. The van der Waals surface area contributed by atoms with Crippen LogP contribution in [0.1, 0.15) is 219 Å². The van der Waals surface area contributed by atoms with Gasteiger partial charge in [0.1, 0.15) is 0 Å². The van der Waals surface area contributed by atoms with Crippen molar-refractivity contribution in [2.45, 2.75) is 219 Å². The van der Waals surface area contributed by atoms with Crippen molar-refractivity contribution in [2.24, 2.45) is 23.3 Å². The van der Waals surface area contributed by atoms with E-state index in [1.165, 1.54) is 161 Å². The maximum atomic E-state index is 12.3. The van der Waals surface area contributed by atoms with Gasteiger partial charge >= 0.3 is 0 Å². The lowest BCUT2D eigenvalue weighted by atomic mass is 9.86. The Hall–Kier alpha value is -1.06. The number of unbranched alkanes of at least 4 members (excludes halogenated alkanes) is 23. The van der Waals surface area contributed by atoms with Crippen molar-refractivity contribution in [2.75, 3.05) is 0 Å². The number of nitrogens with two attached hydrogens (primary N) is 2. The molecule has 4 heteroatoms. The Morgan fingerprint density at radius 2 is 0.738 bits per heavy atom. The summed E-state index contributed by atoms with van der Waals surface area (Å²) in [6.45, 7) is 4.56. The molecule has 0 aromatic heterocycles. The smallest absolute Gasteiger partial charge is 0.220 e. The Morgan fingerprint density at radius 1 is 0.405 bits per heavy atom. The summed E-state index contributed by atoms with van der Waals surface area (Å²) in [5, 5.41) is 0. The van der Waals surface area contributed by atoms with E-state index in [1.54, 1.807) is 0 Å². The summed E-state index contributed by atoms with van der Waals surface area (Å²) in [4.78, 5) is 23.2. The van der Waals surface area contributed by atoms with Gasteiger partial charge in [-0.2, -0.15) is 0 Å². The highest BCUT2D eigenvalue weighted by molar-refractivity contribution is 5.76. The number of amides is 2. The standard InChI is InChI=1S/C38H76N2O2/c1-3-5-7-9-11-12-13-14-15-16-17-19-23-27-31-36(38(40)42)34-33-35(29-25-21-18-10-8-6-4-2)30-26-22-20-24-28-32-37(39)41/h35-36H,3-34H2,1-2H3,(H2,39,41)(H2,40,42). The molecule has 0 radical (unpaired) electrons. The lowest BCUT2D eigenvalue weighted by Crippen LogP contribution is -2.24. The highest BCUT2D eigenvalue weighted by Crippen LogP contribution is 2.27. The van der Waals surface area contributed by atoms with Gasteiger partial charge in [-0.3, -0.25) is 9.59 Å². The van der Waals surface area contributed by atoms with Crippen LogP contribution in [0.25, 0.3) is 0 Å². The van der Waals surface area contributed by atoms with Crippen LogP contribution in [0.15, 0.2) is 0 Å². The van der Waals surface area contributed by atoms with Crippen LogP contribution >= 0.6 is 0 Å². The Kier molecular flexibility index (Phi) is 32.0. The normalized spacial score (nSPS) is 12.9. The Morgan fingerprint density at radius 3 is 1.10 bits per heavy atom. The summed E-state index contributed by atoms with van der Waals surface area (Å²) in [5.74, 6) is 0.536. The first kappa shape index (κ1) is 40.9. The zero-order valence-electron chi connectivity index (χ0n) is 28.8. The predicted molar refractivity (Wildman–Crippen MR) is 184 cm³/mol. The van der Waals surface area contributed by atoms with Crippen LogP contribution in [0.4, 0.5) is 0 Å². The molecule has 0 aromatic carbocycles. The Bertz CT molecular complexity index is 579. The summed E-state index contributed by atoms with van der Waals surface area (Å²) in [6.07, 6.45) is 40.6. The van der Waals surface area contributed by atoms with Crippen molar-refractivity contribution >= 4 is 11.8 Å². The van der Waals surface area contributed by atoms with Gasteiger partial charge in [-0.1, -0.05) is 187 Å². The molecule has 42 heavy (non-hydrogen) atoms. The Labute approximate surface area is 263 Å². The van der Waals surface area contributed by atoms with Gasteiger partial charge in [0.25, 0.3) is 0 Å². The molecule has 0 saturated carbocycles. The molecule has 0 spiro atoms. The number of hydrogen-bond donors (Lipinski definition) is 2. The molecule has 0 aliphatic rings. The van der Waals surface area contributed by atoms with Crippen molar-refractivity contribution in [3.63, 3.8) is 0 Å². The van der Waals surface area contributed by atoms with Gasteiger partial charge in [0, 0.05) is 12.3 Å². The first-order valence-corrected chi connectivity index (χ1v) is 19.1. The minimum absolute atomic E-state index is 0.0627. The minimum atomic E-state index is -0.178. The van der Waals surface area contributed by atoms with E-state index in [0.29, 0.717) is 6.42 Å². The van der Waals surface area contributed by atoms with Gasteiger partial charge in [-0.05, 0) is 31.6 Å². The number of primary amides is 2. The van der Waals surface area contributed by atoms with Gasteiger partial charge < -0.3 is 11.5 Å². The summed E-state index contributed by atoms with van der Waals surface area (Å²) in [6, 6.07) is 0. The molecule has 2 unspecified atom stereocenters. The number of hydrogen-bond acceptors (Lipinski definition) is 2. The maximum Gasteiger partial charge on any atom is 0.220 e. The van der Waals surface area contributed by atoms with Gasteiger partial charge in [-0.15, -0.1) is 0 Å². The fourth-order valence-electron chi connectivity index (χ4n) is 6.54. The largest absolute Gasteiger partial charge is 0.370 e. The molecule has 2 amide bonds. The van der Waals surface area contributed by atoms with Gasteiger partial charge in [0.2, 0.25) is 11.8 Å². The van der Waals surface area contributed by atoms with Crippen LogP contribution in [0, 0.1) is 11.8 Å². The minimum Gasteiger partial charge on any atom is -0.370 e. The molecule has 0 saturated heterocycles. The molecule has 0 aliphatic heterocycles. The van der Waals surface area contributed by atoms with Crippen molar-refractivity contribution in [3.05, 3.63) is 0 Å². The van der Waals surface area contributed by atoms with Crippen LogP contribution in [0.3, 0.4) is 0 Å². The molecule has 0 heterocycles. The zero-order valence-corrected chi connectivity index (χ0v) is 28.8. The third-order valence-corrected chi connectivity index (χ3v) is 9.48. The summed E-state index contributed by atoms with van der Waals surface area (Å²) < 4.78 is 0. The molecule has 0 aromatic rings. The van der Waals surface area contributed by atoms with Crippen LogP contribution in [0.5, 0.6) is 0 Å². The lowest BCUT2D eigenvalue weighted by molar-refractivity contribution is -0.122. The maximum absolute atomic E-state index is 12.3. The molecule has 0 aliphatic carbocycles. The highest BCUT2D eigenvalue weighted by Gasteiger charge is 2.18. The predicted octanol–water partition coefficient (Wildman–Crippen LogP) is 11.7. The second-order valence-electron chi connectivity index (χ2n) is 13.6. The topological polar surface area (TPSA) is 86.2 Å². The van der Waals surface area contributed by atoms with Crippen LogP contribution < -0.4 is 11.5 Å². The average molecular weight is 593 g/mol. The molecule has 4 N–H and O–H groups in total. The van der Waals surface area contributed by atoms with Gasteiger partial charge in [0.15, 0.2) is 0 Å². The molecule has 0 fully saturated rings. The van der Waals surface area contributed by atoms with Crippen molar-refractivity contribution in [3.8, 4) is 0 Å². The highest BCUT2D eigenvalue weighted by atomic mass is 16.1. The quantitative estimate of drug-likeness (QED) is 0.0717. The first-order chi connectivity index (χ1) is 20.5. The van der Waals surface area contributed by atoms with Crippen LogP contribution in [-0.4, -0.2) is 11.8 Å². The van der Waals surface area contributed by atoms with E-state index in [0.717, 1.165) is 44.4 Å². The third kappa shape index (κ3) is 30.4. The van der Waals surface area contributed by atoms with E-state index in [1.807, 2.05) is 0 Å². The fraction of sp³-hybridized carbons (Fsp3) is 0.947. The molecular formula is C38H76N2O2. The summed E-state index contributed by atoms with van der Waals surface area (Å²) in [5.41, 5.74) is 11.1. The number of carbonyl (C=O) groups excluding carboxylic acids is 2. The average Bonchev–Trinajstić information content (AvgIpc) is 2.96. The van der Waals surface area contributed by atoms with Crippen LogP contribution in [-0.2, 0) is 9.59 Å².